The Balaban J connectivity index is 1.35. The first-order chi connectivity index (χ1) is 17.1. The van der Waals surface area contributed by atoms with Gasteiger partial charge in [0, 0.05) is 24.2 Å². The molecule has 1 N–H and O–H groups in total. The van der Waals surface area contributed by atoms with Crippen molar-refractivity contribution in [3.8, 4) is 11.1 Å². The summed E-state index contributed by atoms with van der Waals surface area (Å²) >= 11 is 0. The van der Waals surface area contributed by atoms with Gasteiger partial charge in [0.25, 0.3) is 0 Å². The largest absolute Gasteiger partial charge is 0.447 e. The van der Waals surface area contributed by atoms with Crippen molar-refractivity contribution in [3.63, 3.8) is 0 Å². The minimum absolute atomic E-state index is 0.309. The van der Waals surface area contributed by atoms with Crippen LogP contribution in [0.1, 0.15) is 49.7 Å². The maximum Gasteiger partial charge on any atom is 0.433 e. The van der Waals surface area contributed by atoms with Crippen LogP contribution in [-0.4, -0.2) is 38.2 Å². The predicted octanol–water partition coefficient (Wildman–Crippen LogP) is 5.56. The molecule has 1 aliphatic carbocycles. The minimum atomic E-state index is -4.52. The highest BCUT2D eigenvalue weighted by Gasteiger charge is 2.54. The number of hydrogen-bond acceptors (Lipinski definition) is 7. The lowest BCUT2D eigenvalue weighted by atomic mass is 9.96. The van der Waals surface area contributed by atoms with Crippen molar-refractivity contribution in [3.05, 3.63) is 59.8 Å². The summed E-state index contributed by atoms with van der Waals surface area (Å²) < 4.78 is 44.5. The van der Waals surface area contributed by atoms with Crippen molar-refractivity contribution in [1.29, 1.82) is 0 Å². The highest BCUT2D eigenvalue weighted by atomic mass is 19.4. The minimum Gasteiger partial charge on any atom is -0.447 e. The maximum absolute atomic E-state index is 13.1. The molecule has 2 aliphatic rings. The van der Waals surface area contributed by atoms with Crippen LogP contribution in [0.15, 0.2) is 42.9 Å². The number of carbonyl (C=O) groups is 1. The number of pyridine rings is 2. The number of alkyl halides is 3. The Hall–Kier alpha value is -3.76. The van der Waals surface area contributed by atoms with E-state index in [0.717, 1.165) is 30.7 Å². The van der Waals surface area contributed by atoms with Crippen molar-refractivity contribution in [2.45, 2.75) is 51.4 Å². The molecule has 0 aromatic carbocycles. The summed E-state index contributed by atoms with van der Waals surface area (Å²) in [5.41, 5.74) is 1.03. The molecule has 4 heterocycles. The lowest BCUT2D eigenvalue weighted by Crippen LogP contribution is -2.47. The van der Waals surface area contributed by atoms with Gasteiger partial charge in [-0.2, -0.15) is 18.2 Å². The number of nitrogens with one attached hydrogen (secondary N) is 1. The van der Waals surface area contributed by atoms with Gasteiger partial charge < -0.3 is 10.1 Å². The van der Waals surface area contributed by atoms with Gasteiger partial charge in [-0.1, -0.05) is 0 Å². The number of aryl methyl sites for hydroxylation is 1. The van der Waals surface area contributed by atoms with E-state index < -0.39 is 23.5 Å². The molecule has 8 nitrogen and oxygen atoms in total. The fraction of sp³-hybridized carbons (Fsp3) is 0.400. The molecule has 0 unspecified atom stereocenters. The monoisotopic (exact) mass is 498 g/mol. The number of halogens is 3. The molecule has 0 radical (unpaired) electrons. The molecular formula is C25H25F3N6O2. The molecule has 2 fully saturated rings. The second-order valence-corrected chi connectivity index (χ2v) is 9.48. The molecule has 0 bridgehead atoms. The van der Waals surface area contributed by atoms with E-state index in [0.29, 0.717) is 41.1 Å². The van der Waals surface area contributed by atoms with Crippen LogP contribution in [0.4, 0.5) is 29.7 Å². The van der Waals surface area contributed by atoms with Gasteiger partial charge in [0.05, 0.1) is 17.3 Å². The highest BCUT2D eigenvalue weighted by Crippen LogP contribution is 2.47. The van der Waals surface area contributed by atoms with Crippen LogP contribution in [0.3, 0.4) is 0 Å². The predicted molar refractivity (Wildman–Crippen MR) is 126 cm³/mol. The van der Waals surface area contributed by atoms with Crippen LogP contribution >= 0.6 is 0 Å². The fourth-order valence-corrected chi connectivity index (χ4v) is 4.59. The van der Waals surface area contributed by atoms with Gasteiger partial charge in [-0.3, -0.25) is 14.9 Å². The van der Waals surface area contributed by atoms with Crippen LogP contribution in [0.25, 0.3) is 11.1 Å². The lowest BCUT2D eigenvalue weighted by Gasteiger charge is -2.31. The Morgan fingerprint density at radius 1 is 1.17 bits per heavy atom. The van der Waals surface area contributed by atoms with Crippen LogP contribution in [0.2, 0.25) is 0 Å². The first-order valence-electron chi connectivity index (χ1n) is 11.6. The number of aromatic nitrogens is 4. The topological polar surface area (TPSA) is 93.1 Å². The third kappa shape index (κ3) is 4.45. The number of anilines is 2. The molecule has 188 valence electrons. The molecule has 3 aromatic heterocycles. The summed E-state index contributed by atoms with van der Waals surface area (Å²) in [5, 5.41) is 3.20. The van der Waals surface area contributed by atoms with E-state index in [1.807, 2.05) is 26.8 Å². The van der Waals surface area contributed by atoms with Crippen molar-refractivity contribution in [1.82, 2.24) is 19.9 Å². The quantitative estimate of drug-likeness (QED) is 0.476. The number of nitrogens with zero attached hydrogens (tertiary/aromatic N) is 5. The Morgan fingerprint density at radius 2 is 1.92 bits per heavy atom. The van der Waals surface area contributed by atoms with E-state index in [9.17, 15) is 18.0 Å². The summed E-state index contributed by atoms with van der Waals surface area (Å²) in [7, 11) is 0. The van der Waals surface area contributed by atoms with Crippen molar-refractivity contribution < 1.29 is 22.7 Å². The second-order valence-electron chi connectivity index (χ2n) is 9.48. The molecule has 1 saturated carbocycles. The van der Waals surface area contributed by atoms with Gasteiger partial charge in [0.2, 0.25) is 5.95 Å². The van der Waals surface area contributed by atoms with Gasteiger partial charge in [-0.15, -0.1) is 0 Å². The summed E-state index contributed by atoms with van der Waals surface area (Å²) in [6.45, 7) is 6.04. The Morgan fingerprint density at radius 3 is 2.61 bits per heavy atom. The van der Waals surface area contributed by atoms with Crippen molar-refractivity contribution in [2.75, 3.05) is 16.8 Å². The molecule has 1 saturated heterocycles. The zero-order valence-electron chi connectivity index (χ0n) is 20.0. The summed E-state index contributed by atoms with van der Waals surface area (Å²) in [6, 6.07) is 5.73. The zero-order chi connectivity index (χ0) is 25.7. The molecule has 5 rings (SSSR count). The van der Waals surface area contributed by atoms with Crippen molar-refractivity contribution in [2.24, 2.45) is 5.92 Å². The Kier molecular flexibility index (Phi) is 5.80. The Bertz CT molecular complexity index is 1310. The molecular weight excluding hydrogens is 473 g/mol. The molecule has 36 heavy (non-hydrogen) atoms. The van der Waals surface area contributed by atoms with E-state index >= 15 is 0 Å². The number of rotatable bonds is 6. The van der Waals surface area contributed by atoms with Gasteiger partial charge in [0.1, 0.15) is 18.1 Å². The van der Waals surface area contributed by atoms with Crippen molar-refractivity contribution >= 4 is 17.9 Å². The first-order valence-corrected chi connectivity index (χ1v) is 11.6. The molecule has 11 heteroatoms. The number of hydrogen-bond donors (Lipinski definition) is 1. The molecule has 1 aliphatic heterocycles. The second kappa shape index (κ2) is 8.72. The Labute approximate surface area is 206 Å². The summed E-state index contributed by atoms with van der Waals surface area (Å²) in [6.07, 6.45) is 1.44. The van der Waals surface area contributed by atoms with E-state index in [1.54, 1.807) is 23.4 Å². The zero-order valence-corrected chi connectivity index (χ0v) is 20.0. The van der Waals surface area contributed by atoms with E-state index in [1.165, 1.54) is 6.07 Å². The lowest BCUT2D eigenvalue weighted by molar-refractivity contribution is -0.141. The van der Waals surface area contributed by atoms with E-state index in [4.69, 9.17) is 4.74 Å². The average Bonchev–Trinajstić information content (AvgIpc) is 3.65. The van der Waals surface area contributed by atoms with Gasteiger partial charge >= 0.3 is 12.3 Å². The first kappa shape index (κ1) is 24.0. The molecule has 2 atom stereocenters. The van der Waals surface area contributed by atoms with Gasteiger partial charge in [0.15, 0.2) is 0 Å². The van der Waals surface area contributed by atoms with E-state index in [2.05, 4.69) is 25.3 Å². The molecule has 1 amide bonds. The molecule has 0 spiro atoms. The highest BCUT2D eigenvalue weighted by molar-refractivity contribution is 5.90. The average molecular weight is 499 g/mol. The smallest absolute Gasteiger partial charge is 0.433 e. The molecule has 3 aromatic rings. The number of amides is 1. The fourth-order valence-electron chi connectivity index (χ4n) is 4.59. The van der Waals surface area contributed by atoms with E-state index in [-0.39, 0.29) is 6.04 Å². The summed E-state index contributed by atoms with van der Waals surface area (Å²) in [4.78, 5) is 30.8. The standard InChI is InChI=1S/C25H25F3N6O2/c1-14-10-19(31-12-18(14)16-6-8-29-20(11-16)25(26,27)28)15(2)32-22-30-9-7-21(33-22)34-23(35)36-13-24(34,3)17-4-5-17/h6-12,15,17H,4-5,13H2,1-3H3,(H,30,32,33)/t15-,24+/m0/s1. The normalized spacial score (nSPS) is 20.8. The maximum atomic E-state index is 13.1. The summed E-state index contributed by atoms with van der Waals surface area (Å²) in [5.74, 6) is 1.17. The van der Waals surface area contributed by atoms with Crippen LogP contribution in [0, 0.1) is 12.8 Å². The van der Waals surface area contributed by atoms with Gasteiger partial charge in [-0.25, -0.2) is 9.78 Å². The number of carbonyl (C=O) groups excluding carboxylic acids is 1. The van der Waals surface area contributed by atoms with Crippen LogP contribution in [0.5, 0.6) is 0 Å². The van der Waals surface area contributed by atoms with Crippen LogP contribution in [-0.2, 0) is 10.9 Å². The van der Waals surface area contributed by atoms with Crippen LogP contribution < -0.4 is 10.2 Å². The number of ether oxygens (including phenoxy) is 1. The third-order valence-corrected chi connectivity index (χ3v) is 6.79. The third-order valence-electron chi connectivity index (χ3n) is 6.79. The number of cyclic esters (lactones) is 1. The van der Waals surface area contributed by atoms with Gasteiger partial charge in [-0.05, 0) is 74.9 Å². The SMILES string of the molecule is Cc1cc([C@H](C)Nc2nccc(N3C(=O)OC[C@]3(C)C3CC3)n2)ncc1-c1ccnc(C(F)(F)F)c1.